The highest BCUT2D eigenvalue weighted by Crippen LogP contribution is 1.91. The van der Waals surface area contributed by atoms with Crippen LogP contribution < -0.4 is 0 Å². The summed E-state index contributed by atoms with van der Waals surface area (Å²) in [4.78, 5) is 14.4. The molecule has 0 aliphatic carbocycles. The molecule has 0 saturated heterocycles. The maximum atomic E-state index is 10.7. The van der Waals surface area contributed by atoms with E-state index in [0.717, 1.165) is 0 Å². The van der Waals surface area contributed by atoms with E-state index < -0.39 is 12.1 Å². The van der Waals surface area contributed by atoms with Gasteiger partial charge in [0.1, 0.15) is 12.7 Å². The number of rotatable bonds is 3. The Bertz CT molecular complexity index is 247. The molecule has 0 fully saturated rings. The fraction of sp³-hybridized carbons (Fsp3) is 0.500. The van der Waals surface area contributed by atoms with Crippen molar-refractivity contribution in [2.24, 2.45) is 0 Å². The molecule has 0 amide bonds. The molecule has 0 bridgehead atoms. The molecule has 1 rings (SSSR count). The summed E-state index contributed by atoms with van der Waals surface area (Å²) in [5.74, 6) is -0.675. The zero-order valence-electron chi connectivity index (χ0n) is 6.54. The van der Waals surface area contributed by atoms with Gasteiger partial charge in [-0.05, 0) is 0 Å². The summed E-state index contributed by atoms with van der Waals surface area (Å²) in [6.45, 7) is 0.0622. The number of methoxy groups -OCH3 is 1. The van der Waals surface area contributed by atoms with Crippen molar-refractivity contribution in [3.63, 3.8) is 0 Å². The van der Waals surface area contributed by atoms with E-state index in [9.17, 15) is 4.79 Å². The maximum absolute atomic E-state index is 10.7. The molecule has 1 heterocycles. The van der Waals surface area contributed by atoms with Crippen molar-refractivity contribution in [2.45, 2.75) is 12.6 Å². The second kappa shape index (κ2) is 3.82. The molecule has 6 heteroatoms. The third-order valence-corrected chi connectivity index (χ3v) is 1.30. The van der Waals surface area contributed by atoms with E-state index in [2.05, 4.69) is 14.8 Å². The first-order valence-corrected chi connectivity index (χ1v) is 3.32. The summed E-state index contributed by atoms with van der Waals surface area (Å²) in [7, 11) is 1.22. The Kier molecular flexibility index (Phi) is 2.76. The number of aromatic nitrogens is 3. The first-order chi connectivity index (χ1) is 5.74. The molecule has 1 atom stereocenters. The van der Waals surface area contributed by atoms with Gasteiger partial charge in [-0.25, -0.2) is 14.5 Å². The van der Waals surface area contributed by atoms with Gasteiger partial charge in [-0.15, -0.1) is 0 Å². The standard InChI is InChI=1S/C6H9N3O3/c1-12-6(11)5(10)2-9-4-7-3-8-9/h3-5,10H,2H2,1H3. The SMILES string of the molecule is COC(=O)C(O)Cn1cncn1. The molecule has 1 aromatic rings. The van der Waals surface area contributed by atoms with Gasteiger partial charge >= 0.3 is 5.97 Å². The van der Waals surface area contributed by atoms with Crippen molar-refractivity contribution in [2.75, 3.05) is 7.11 Å². The summed E-state index contributed by atoms with van der Waals surface area (Å²) in [5, 5.41) is 12.8. The van der Waals surface area contributed by atoms with E-state index in [1.807, 2.05) is 0 Å². The number of carbonyl (C=O) groups is 1. The van der Waals surface area contributed by atoms with Crippen LogP contribution >= 0.6 is 0 Å². The molecule has 1 unspecified atom stereocenters. The second-order valence-corrected chi connectivity index (χ2v) is 2.16. The van der Waals surface area contributed by atoms with E-state index >= 15 is 0 Å². The van der Waals surface area contributed by atoms with Gasteiger partial charge in [0.05, 0.1) is 13.7 Å². The Balaban J connectivity index is 2.47. The zero-order valence-corrected chi connectivity index (χ0v) is 6.54. The number of aliphatic hydroxyl groups excluding tert-OH is 1. The van der Waals surface area contributed by atoms with Crippen molar-refractivity contribution in [1.29, 1.82) is 0 Å². The molecule has 1 aromatic heterocycles. The quantitative estimate of drug-likeness (QED) is 0.579. The van der Waals surface area contributed by atoms with Crippen LogP contribution in [0.1, 0.15) is 0 Å². The van der Waals surface area contributed by atoms with Gasteiger partial charge in [0, 0.05) is 0 Å². The molecule has 12 heavy (non-hydrogen) atoms. The van der Waals surface area contributed by atoms with Gasteiger partial charge in [-0.2, -0.15) is 5.10 Å². The fourth-order valence-electron chi connectivity index (χ4n) is 0.715. The predicted octanol–water partition coefficient (Wildman–Crippen LogP) is -1.19. The third kappa shape index (κ3) is 2.03. The van der Waals surface area contributed by atoms with Crippen molar-refractivity contribution in [3.05, 3.63) is 12.7 Å². The van der Waals surface area contributed by atoms with Crippen LogP contribution in [0.3, 0.4) is 0 Å². The topological polar surface area (TPSA) is 77.2 Å². The monoisotopic (exact) mass is 171 g/mol. The number of esters is 1. The lowest BCUT2D eigenvalue weighted by Crippen LogP contribution is -2.27. The minimum absolute atomic E-state index is 0.0622. The summed E-state index contributed by atoms with van der Waals surface area (Å²) in [5.41, 5.74) is 0. The first-order valence-electron chi connectivity index (χ1n) is 3.32. The summed E-state index contributed by atoms with van der Waals surface area (Å²) in [6, 6.07) is 0. The van der Waals surface area contributed by atoms with Crippen LogP contribution in [0, 0.1) is 0 Å². The lowest BCUT2D eigenvalue weighted by atomic mass is 10.4. The molecule has 0 aromatic carbocycles. The molecule has 66 valence electrons. The summed E-state index contributed by atoms with van der Waals surface area (Å²) >= 11 is 0. The van der Waals surface area contributed by atoms with E-state index in [0.29, 0.717) is 0 Å². The lowest BCUT2D eigenvalue weighted by molar-refractivity contribution is -0.151. The average molecular weight is 171 g/mol. The minimum atomic E-state index is -1.18. The molecule has 6 nitrogen and oxygen atoms in total. The highest BCUT2D eigenvalue weighted by Gasteiger charge is 2.15. The number of nitrogens with zero attached hydrogens (tertiary/aromatic N) is 3. The van der Waals surface area contributed by atoms with E-state index in [4.69, 9.17) is 5.11 Å². The number of hydrogen-bond donors (Lipinski definition) is 1. The van der Waals surface area contributed by atoms with E-state index in [-0.39, 0.29) is 6.54 Å². The molecule has 1 N–H and O–H groups in total. The Morgan fingerprint density at radius 2 is 2.58 bits per heavy atom. The zero-order chi connectivity index (χ0) is 8.97. The highest BCUT2D eigenvalue weighted by atomic mass is 16.5. The van der Waals surface area contributed by atoms with Crippen LogP contribution in [0.5, 0.6) is 0 Å². The molecular formula is C6H9N3O3. The van der Waals surface area contributed by atoms with Gasteiger partial charge < -0.3 is 9.84 Å². The van der Waals surface area contributed by atoms with E-state index in [1.54, 1.807) is 0 Å². The highest BCUT2D eigenvalue weighted by molar-refractivity contribution is 5.73. The Labute approximate surface area is 68.8 Å². The van der Waals surface area contributed by atoms with Crippen molar-refractivity contribution >= 4 is 5.97 Å². The molecule has 0 aliphatic heterocycles. The Hall–Kier alpha value is -1.43. The van der Waals surface area contributed by atoms with Gasteiger partial charge in [0.2, 0.25) is 0 Å². The predicted molar refractivity (Wildman–Crippen MR) is 38.0 cm³/mol. The van der Waals surface area contributed by atoms with Crippen molar-refractivity contribution < 1.29 is 14.6 Å². The third-order valence-electron chi connectivity index (χ3n) is 1.30. The average Bonchev–Trinajstić information content (AvgIpc) is 2.55. The number of ether oxygens (including phenoxy) is 1. The number of hydrogen-bond acceptors (Lipinski definition) is 5. The van der Waals surface area contributed by atoms with Crippen molar-refractivity contribution in [1.82, 2.24) is 14.8 Å². The van der Waals surface area contributed by atoms with E-state index in [1.165, 1.54) is 24.4 Å². The van der Waals surface area contributed by atoms with Crippen molar-refractivity contribution in [3.8, 4) is 0 Å². The molecule has 0 radical (unpaired) electrons. The molecule has 0 saturated carbocycles. The normalized spacial score (nSPS) is 12.5. The summed E-state index contributed by atoms with van der Waals surface area (Å²) < 4.78 is 5.66. The number of carbonyl (C=O) groups excluding carboxylic acids is 1. The Morgan fingerprint density at radius 3 is 3.08 bits per heavy atom. The Morgan fingerprint density at radius 1 is 1.83 bits per heavy atom. The smallest absolute Gasteiger partial charge is 0.336 e. The lowest BCUT2D eigenvalue weighted by Gasteiger charge is -2.06. The molecule has 0 spiro atoms. The second-order valence-electron chi connectivity index (χ2n) is 2.16. The first kappa shape index (κ1) is 8.66. The summed E-state index contributed by atoms with van der Waals surface area (Å²) in [6.07, 6.45) is 1.55. The van der Waals surface area contributed by atoms with Gasteiger partial charge in [0.25, 0.3) is 0 Å². The maximum Gasteiger partial charge on any atom is 0.336 e. The molecular weight excluding hydrogens is 162 g/mol. The van der Waals surface area contributed by atoms with Crippen LogP contribution in [0.4, 0.5) is 0 Å². The fourth-order valence-corrected chi connectivity index (χ4v) is 0.715. The van der Waals surface area contributed by atoms with Gasteiger partial charge in [-0.1, -0.05) is 0 Å². The van der Waals surface area contributed by atoms with Crippen LogP contribution in [0.2, 0.25) is 0 Å². The largest absolute Gasteiger partial charge is 0.467 e. The van der Waals surface area contributed by atoms with Crippen LogP contribution in [-0.2, 0) is 16.1 Å². The van der Waals surface area contributed by atoms with Crippen LogP contribution in [0.25, 0.3) is 0 Å². The van der Waals surface area contributed by atoms with Crippen LogP contribution in [-0.4, -0.2) is 39.1 Å². The van der Waals surface area contributed by atoms with Crippen LogP contribution in [0.15, 0.2) is 12.7 Å². The minimum Gasteiger partial charge on any atom is -0.467 e. The van der Waals surface area contributed by atoms with Gasteiger partial charge in [-0.3, -0.25) is 0 Å². The number of aliphatic hydroxyl groups is 1. The van der Waals surface area contributed by atoms with Gasteiger partial charge in [0.15, 0.2) is 6.10 Å². The molecule has 0 aliphatic rings.